The second-order valence-corrected chi connectivity index (χ2v) is 9.36. The van der Waals surface area contributed by atoms with E-state index >= 15 is 0 Å². The van der Waals surface area contributed by atoms with E-state index in [1.165, 1.54) is 42.5 Å². The van der Waals surface area contributed by atoms with Crippen LogP contribution in [-0.2, 0) is 14.9 Å². The van der Waals surface area contributed by atoms with Gasteiger partial charge < -0.3 is 10.2 Å². The average Bonchev–Trinajstić information content (AvgIpc) is 2.63. The summed E-state index contributed by atoms with van der Waals surface area (Å²) in [5.41, 5.74) is -0.535. The van der Waals surface area contributed by atoms with Crippen LogP contribution in [0.1, 0.15) is 16.7 Å². The number of benzene rings is 3. The Balaban J connectivity index is 2.61. The van der Waals surface area contributed by atoms with Gasteiger partial charge in [-0.15, -0.1) is 0 Å². The molecule has 5 nitrogen and oxygen atoms in total. The molecule has 0 saturated carbocycles. The third-order valence-corrected chi connectivity index (χ3v) is 6.96. The number of phenols is 2. The van der Waals surface area contributed by atoms with Crippen molar-refractivity contribution in [1.82, 2.24) is 0 Å². The van der Waals surface area contributed by atoms with Crippen molar-refractivity contribution in [2.24, 2.45) is 0 Å². The van der Waals surface area contributed by atoms with Crippen LogP contribution in [0.4, 0.5) is 0 Å². The summed E-state index contributed by atoms with van der Waals surface area (Å²) in [5.74, 6) is -1.11. The number of aromatic hydroxyl groups is 2. The maximum absolute atomic E-state index is 12.9. The lowest BCUT2D eigenvalue weighted by Gasteiger charge is -2.34. The number of phenolic OH excluding ortho intramolecular Hbond substituents is 2. The molecule has 1 unspecified atom stereocenters. The fourth-order valence-corrected chi connectivity index (χ4v) is 5.26. The van der Waals surface area contributed by atoms with Gasteiger partial charge in [-0.2, -0.15) is 8.42 Å². The van der Waals surface area contributed by atoms with Crippen molar-refractivity contribution >= 4 is 56.5 Å². The van der Waals surface area contributed by atoms with Gasteiger partial charge in [-0.1, -0.05) is 58.5 Å². The summed E-state index contributed by atoms with van der Waals surface area (Å²) in [5, 5.41) is 20.8. The van der Waals surface area contributed by atoms with Gasteiger partial charge in [-0.25, -0.2) is 0 Å². The van der Waals surface area contributed by atoms with Crippen molar-refractivity contribution in [3.63, 3.8) is 0 Å². The van der Waals surface area contributed by atoms with Crippen molar-refractivity contribution in [2.75, 3.05) is 0 Å². The molecule has 0 radical (unpaired) electrons. The quantitative estimate of drug-likeness (QED) is 0.239. The second kappa shape index (κ2) is 7.87. The Labute approximate surface area is 186 Å². The van der Waals surface area contributed by atoms with Gasteiger partial charge >= 0.3 is 0 Å². The van der Waals surface area contributed by atoms with Crippen LogP contribution < -0.4 is 0 Å². The largest absolute Gasteiger partial charge is 0.508 e. The summed E-state index contributed by atoms with van der Waals surface area (Å²) in [7, 11) is -5.09. The Morgan fingerprint density at radius 1 is 0.690 bits per heavy atom. The van der Waals surface area contributed by atoms with Crippen LogP contribution >= 0.6 is 46.4 Å². The van der Waals surface area contributed by atoms with Gasteiger partial charge in [0.25, 0.3) is 10.1 Å². The van der Waals surface area contributed by atoms with Crippen molar-refractivity contribution in [3.05, 3.63) is 91.4 Å². The number of hydrogen-bond acceptors (Lipinski definition) is 4. The standard InChI is InChI=1S/C19H12Cl4O5S/c20-11-3-1-10(2-4-11)19(29(26,27)28,13-7-12(21)5-6-15(13)22)14-8-18(25)16(23)9-17(14)24/h1-9,24-25H,(H,26,27,28). The molecule has 0 aliphatic heterocycles. The van der Waals surface area contributed by atoms with Crippen LogP contribution in [0.3, 0.4) is 0 Å². The fourth-order valence-electron chi connectivity index (χ4n) is 3.17. The molecule has 0 heterocycles. The molecule has 3 rings (SSSR count). The van der Waals surface area contributed by atoms with Gasteiger partial charge in [0, 0.05) is 32.3 Å². The maximum Gasteiger partial charge on any atom is 0.283 e. The number of rotatable bonds is 4. The fraction of sp³-hybridized carbons (Fsp3) is 0.0526. The number of halogens is 4. The highest BCUT2D eigenvalue weighted by Crippen LogP contribution is 2.51. The highest BCUT2D eigenvalue weighted by atomic mass is 35.5. The molecule has 3 aromatic rings. The van der Waals surface area contributed by atoms with Crippen LogP contribution in [-0.4, -0.2) is 23.2 Å². The third kappa shape index (κ3) is 3.77. The molecular formula is C19H12Cl4O5S. The van der Waals surface area contributed by atoms with Gasteiger partial charge in [0.2, 0.25) is 0 Å². The molecule has 0 fully saturated rings. The Hall–Kier alpha value is -1.67. The van der Waals surface area contributed by atoms with Crippen molar-refractivity contribution in [3.8, 4) is 11.5 Å². The molecule has 0 bridgehead atoms. The number of hydrogen-bond donors (Lipinski definition) is 3. The first kappa shape index (κ1) is 22.0. The van der Waals surface area contributed by atoms with Gasteiger partial charge in [-0.3, -0.25) is 4.55 Å². The first-order valence-electron chi connectivity index (χ1n) is 7.89. The van der Waals surface area contributed by atoms with Gasteiger partial charge in [-0.05, 0) is 42.0 Å². The van der Waals surface area contributed by atoms with E-state index in [0.29, 0.717) is 5.02 Å². The summed E-state index contributed by atoms with van der Waals surface area (Å²) in [4.78, 5) is 0. The minimum absolute atomic E-state index is 0.00871. The lowest BCUT2D eigenvalue weighted by molar-refractivity contribution is 0.434. The SMILES string of the molecule is O=S(=O)(O)C(c1ccc(Cl)cc1)(c1cc(O)c(Cl)cc1O)c1cc(Cl)ccc1Cl. The van der Waals surface area contributed by atoms with Gasteiger partial charge in [0.15, 0.2) is 4.75 Å². The van der Waals surface area contributed by atoms with Gasteiger partial charge in [0.05, 0.1) is 5.02 Å². The van der Waals surface area contributed by atoms with Crippen molar-refractivity contribution < 1.29 is 23.2 Å². The minimum Gasteiger partial charge on any atom is -0.508 e. The second-order valence-electron chi connectivity index (χ2n) is 6.11. The van der Waals surface area contributed by atoms with Crippen LogP contribution in [0.25, 0.3) is 0 Å². The average molecular weight is 494 g/mol. The molecular weight excluding hydrogens is 482 g/mol. The zero-order valence-electron chi connectivity index (χ0n) is 14.3. The Bertz CT molecular complexity index is 1200. The van der Waals surface area contributed by atoms with E-state index in [0.717, 1.165) is 12.1 Å². The van der Waals surface area contributed by atoms with Crippen LogP contribution in [0.2, 0.25) is 20.1 Å². The minimum atomic E-state index is -5.09. The summed E-state index contributed by atoms with van der Waals surface area (Å²) in [6.45, 7) is 0. The molecule has 0 spiro atoms. The van der Waals surface area contributed by atoms with E-state index in [1.807, 2.05) is 0 Å². The van der Waals surface area contributed by atoms with Crippen LogP contribution in [0.15, 0.2) is 54.6 Å². The lowest BCUT2D eigenvalue weighted by atomic mass is 9.83. The molecule has 152 valence electrons. The molecule has 3 aromatic carbocycles. The Morgan fingerprint density at radius 3 is 1.86 bits per heavy atom. The molecule has 0 aliphatic rings. The van der Waals surface area contributed by atoms with Crippen LogP contribution in [0, 0.1) is 0 Å². The predicted molar refractivity (Wildman–Crippen MR) is 114 cm³/mol. The normalized spacial score (nSPS) is 13.8. The molecule has 3 N–H and O–H groups in total. The summed E-state index contributed by atoms with van der Waals surface area (Å²) < 4.78 is 33.9. The molecule has 1 atom stereocenters. The first-order chi connectivity index (χ1) is 13.5. The van der Waals surface area contributed by atoms with E-state index in [4.69, 9.17) is 46.4 Å². The first-order valence-corrected chi connectivity index (χ1v) is 10.8. The highest BCUT2D eigenvalue weighted by molar-refractivity contribution is 7.87. The molecule has 29 heavy (non-hydrogen) atoms. The smallest absolute Gasteiger partial charge is 0.283 e. The Morgan fingerprint density at radius 2 is 1.28 bits per heavy atom. The van der Waals surface area contributed by atoms with E-state index in [2.05, 4.69) is 0 Å². The molecule has 10 heteroatoms. The summed E-state index contributed by atoms with van der Waals surface area (Å²) in [6.07, 6.45) is 0. The van der Waals surface area contributed by atoms with E-state index in [-0.39, 0.29) is 31.8 Å². The Kier molecular flexibility index (Phi) is 5.98. The van der Waals surface area contributed by atoms with Gasteiger partial charge in [0.1, 0.15) is 11.5 Å². The zero-order chi connectivity index (χ0) is 21.6. The molecule has 0 aliphatic carbocycles. The monoisotopic (exact) mass is 492 g/mol. The summed E-state index contributed by atoms with van der Waals surface area (Å²) in [6, 6.07) is 11.4. The lowest BCUT2D eigenvalue weighted by Crippen LogP contribution is -2.38. The predicted octanol–water partition coefficient (Wildman–Crippen LogP) is 5.89. The topological polar surface area (TPSA) is 94.8 Å². The third-order valence-electron chi connectivity index (χ3n) is 4.39. The molecule has 0 aromatic heterocycles. The van der Waals surface area contributed by atoms with E-state index in [1.54, 1.807) is 0 Å². The summed E-state index contributed by atoms with van der Waals surface area (Å²) >= 11 is 24.2. The zero-order valence-corrected chi connectivity index (χ0v) is 18.1. The van der Waals surface area contributed by atoms with Crippen LogP contribution in [0.5, 0.6) is 11.5 Å². The van der Waals surface area contributed by atoms with E-state index in [9.17, 15) is 23.2 Å². The highest BCUT2D eigenvalue weighted by Gasteiger charge is 2.51. The van der Waals surface area contributed by atoms with Crippen molar-refractivity contribution in [2.45, 2.75) is 4.75 Å². The molecule has 0 amide bonds. The van der Waals surface area contributed by atoms with Crippen molar-refractivity contribution in [1.29, 1.82) is 0 Å². The molecule has 0 saturated heterocycles. The maximum atomic E-state index is 12.9. The van der Waals surface area contributed by atoms with E-state index < -0.39 is 26.4 Å².